The third-order valence-corrected chi connectivity index (χ3v) is 6.01. The molecule has 0 N–H and O–H groups in total. The van der Waals surface area contributed by atoms with Crippen LogP contribution in [0.3, 0.4) is 0 Å². The highest BCUT2D eigenvalue weighted by Crippen LogP contribution is 2.31. The van der Waals surface area contributed by atoms with Gasteiger partial charge < -0.3 is 9.80 Å². The van der Waals surface area contributed by atoms with Gasteiger partial charge in [0.15, 0.2) is 0 Å². The smallest absolute Gasteiger partial charge is 0.272 e. The van der Waals surface area contributed by atoms with Gasteiger partial charge in [-0.05, 0) is 43.2 Å². The molecule has 5 nitrogen and oxygen atoms in total. The zero-order chi connectivity index (χ0) is 17.9. The van der Waals surface area contributed by atoms with Gasteiger partial charge in [0.25, 0.3) is 5.91 Å². The molecule has 2 aliphatic heterocycles. The number of hydrogen-bond donors (Lipinski definition) is 0. The van der Waals surface area contributed by atoms with Crippen molar-refractivity contribution in [3.63, 3.8) is 0 Å². The summed E-state index contributed by atoms with van der Waals surface area (Å²) in [5.74, 6) is 0.753. The molecule has 1 aromatic heterocycles. The average molecular weight is 352 g/mol. The summed E-state index contributed by atoms with van der Waals surface area (Å²) in [4.78, 5) is 17.7. The van der Waals surface area contributed by atoms with Crippen molar-refractivity contribution in [1.82, 2.24) is 19.6 Å². The van der Waals surface area contributed by atoms with Gasteiger partial charge in [-0.15, -0.1) is 0 Å². The first kappa shape index (κ1) is 17.3. The monoisotopic (exact) mass is 352 g/mol. The average Bonchev–Trinajstić information content (AvgIpc) is 3.12. The minimum atomic E-state index is 0.150. The van der Waals surface area contributed by atoms with Crippen molar-refractivity contribution < 1.29 is 4.79 Å². The molecular weight excluding hydrogens is 324 g/mol. The topological polar surface area (TPSA) is 41.4 Å². The quantitative estimate of drug-likeness (QED) is 0.849. The second kappa shape index (κ2) is 7.62. The van der Waals surface area contributed by atoms with E-state index < -0.39 is 0 Å². The molecule has 4 rings (SSSR count). The first-order chi connectivity index (χ1) is 12.7. The zero-order valence-electron chi connectivity index (χ0n) is 15.6. The number of amides is 1. The highest BCUT2D eigenvalue weighted by Gasteiger charge is 2.38. The molecule has 0 spiro atoms. The number of rotatable bonds is 4. The predicted octanol–water partition coefficient (Wildman–Crippen LogP) is 2.59. The Morgan fingerprint density at radius 3 is 2.77 bits per heavy atom. The molecule has 0 bridgehead atoms. The standard InChI is InChI=1S/C21H28N4O/c1-23-20(9-12-22-23)21(26)25-13-5-8-18-16-24(15-11-19(18)25)14-10-17-6-3-2-4-7-17/h2-4,6-7,9,12,18-19H,5,8,10-11,13-16H2,1H3/t18-,19+/m1/s1. The van der Waals surface area contributed by atoms with E-state index in [4.69, 9.17) is 0 Å². The van der Waals surface area contributed by atoms with Crippen LogP contribution in [0, 0.1) is 5.92 Å². The summed E-state index contributed by atoms with van der Waals surface area (Å²) < 4.78 is 1.70. The van der Waals surface area contributed by atoms with Crippen molar-refractivity contribution in [1.29, 1.82) is 0 Å². The van der Waals surface area contributed by atoms with E-state index in [9.17, 15) is 4.79 Å². The Morgan fingerprint density at radius 2 is 2.00 bits per heavy atom. The fourth-order valence-electron chi connectivity index (χ4n) is 4.60. The molecular formula is C21H28N4O. The van der Waals surface area contributed by atoms with Crippen molar-refractivity contribution in [3.8, 4) is 0 Å². The van der Waals surface area contributed by atoms with Crippen molar-refractivity contribution in [2.75, 3.05) is 26.2 Å². The van der Waals surface area contributed by atoms with Crippen LogP contribution in [0.25, 0.3) is 0 Å². The predicted molar refractivity (Wildman–Crippen MR) is 102 cm³/mol. The third-order valence-electron chi connectivity index (χ3n) is 6.01. The van der Waals surface area contributed by atoms with E-state index in [1.54, 1.807) is 10.9 Å². The lowest BCUT2D eigenvalue weighted by Crippen LogP contribution is -2.56. The molecule has 2 saturated heterocycles. The van der Waals surface area contributed by atoms with Crippen molar-refractivity contribution in [2.45, 2.75) is 31.7 Å². The second-order valence-electron chi connectivity index (χ2n) is 7.63. The maximum Gasteiger partial charge on any atom is 0.272 e. The molecule has 1 amide bonds. The number of likely N-dealkylation sites (tertiary alicyclic amines) is 2. The van der Waals surface area contributed by atoms with Crippen LogP contribution >= 0.6 is 0 Å². The Labute approximate surface area is 155 Å². The van der Waals surface area contributed by atoms with Gasteiger partial charge in [0.05, 0.1) is 0 Å². The summed E-state index contributed by atoms with van der Waals surface area (Å²) >= 11 is 0. The Balaban J connectivity index is 1.38. The lowest BCUT2D eigenvalue weighted by molar-refractivity contribution is 0.0197. The Hall–Kier alpha value is -2.14. The van der Waals surface area contributed by atoms with Crippen LogP contribution in [0.1, 0.15) is 35.3 Å². The SMILES string of the molecule is Cn1nccc1C(=O)N1CCC[C@@H]2CN(CCc3ccccc3)CC[C@@H]21. The molecule has 2 aliphatic rings. The van der Waals surface area contributed by atoms with Crippen molar-refractivity contribution in [2.24, 2.45) is 13.0 Å². The summed E-state index contributed by atoms with van der Waals surface area (Å²) in [5.41, 5.74) is 2.11. The maximum absolute atomic E-state index is 13.0. The van der Waals surface area contributed by atoms with Gasteiger partial charge in [-0.1, -0.05) is 30.3 Å². The van der Waals surface area contributed by atoms with Crippen LogP contribution in [0.15, 0.2) is 42.6 Å². The van der Waals surface area contributed by atoms with Gasteiger partial charge >= 0.3 is 0 Å². The number of aryl methyl sites for hydroxylation is 1. The molecule has 2 aromatic rings. The number of aromatic nitrogens is 2. The zero-order valence-corrected chi connectivity index (χ0v) is 15.6. The van der Waals surface area contributed by atoms with Gasteiger partial charge in [-0.25, -0.2) is 0 Å². The van der Waals surface area contributed by atoms with E-state index in [1.807, 2.05) is 13.1 Å². The van der Waals surface area contributed by atoms with Crippen LogP contribution in [-0.2, 0) is 13.5 Å². The minimum absolute atomic E-state index is 0.150. The maximum atomic E-state index is 13.0. The van der Waals surface area contributed by atoms with Crippen LogP contribution in [0.5, 0.6) is 0 Å². The largest absolute Gasteiger partial charge is 0.334 e. The summed E-state index contributed by atoms with van der Waals surface area (Å²) in [6.45, 7) is 4.20. The fourth-order valence-corrected chi connectivity index (χ4v) is 4.60. The highest BCUT2D eigenvalue weighted by molar-refractivity contribution is 5.92. The molecule has 1 aromatic carbocycles. The molecule has 138 valence electrons. The lowest BCUT2D eigenvalue weighted by Gasteiger charge is -2.47. The lowest BCUT2D eigenvalue weighted by atomic mass is 9.83. The van der Waals surface area contributed by atoms with Gasteiger partial charge in [0.2, 0.25) is 0 Å². The van der Waals surface area contributed by atoms with Crippen molar-refractivity contribution >= 4 is 5.91 Å². The van der Waals surface area contributed by atoms with Crippen LogP contribution < -0.4 is 0 Å². The van der Waals surface area contributed by atoms with Crippen molar-refractivity contribution in [3.05, 3.63) is 53.9 Å². The number of carbonyl (C=O) groups is 1. The van der Waals surface area contributed by atoms with Gasteiger partial charge in [-0.2, -0.15) is 5.10 Å². The van der Waals surface area contributed by atoms with E-state index in [2.05, 4.69) is 45.2 Å². The summed E-state index contributed by atoms with van der Waals surface area (Å²) in [5, 5.41) is 4.16. The minimum Gasteiger partial charge on any atom is -0.334 e. The van der Waals surface area contributed by atoms with E-state index in [1.165, 1.54) is 12.0 Å². The van der Waals surface area contributed by atoms with Gasteiger partial charge in [0, 0.05) is 45.5 Å². The molecule has 5 heteroatoms. The third kappa shape index (κ3) is 3.54. The van der Waals surface area contributed by atoms with Gasteiger partial charge in [0.1, 0.15) is 5.69 Å². The van der Waals surface area contributed by atoms with E-state index >= 15 is 0 Å². The van der Waals surface area contributed by atoms with Crippen LogP contribution in [0.2, 0.25) is 0 Å². The molecule has 26 heavy (non-hydrogen) atoms. The molecule has 0 radical (unpaired) electrons. The Bertz CT molecular complexity index is 741. The number of nitrogens with zero attached hydrogens (tertiary/aromatic N) is 4. The van der Waals surface area contributed by atoms with Crippen LogP contribution in [0.4, 0.5) is 0 Å². The number of benzene rings is 1. The second-order valence-corrected chi connectivity index (χ2v) is 7.63. The summed E-state index contributed by atoms with van der Waals surface area (Å²) in [7, 11) is 1.85. The molecule has 0 aliphatic carbocycles. The summed E-state index contributed by atoms with van der Waals surface area (Å²) in [6.07, 6.45) is 6.25. The van der Waals surface area contributed by atoms with E-state index in [0.29, 0.717) is 17.7 Å². The normalized spacial score (nSPS) is 23.7. The molecule has 2 atom stereocenters. The molecule has 3 heterocycles. The first-order valence-electron chi connectivity index (χ1n) is 9.77. The van der Waals surface area contributed by atoms with E-state index in [-0.39, 0.29) is 5.91 Å². The first-order valence-corrected chi connectivity index (χ1v) is 9.77. The Kier molecular flexibility index (Phi) is 5.07. The van der Waals surface area contributed by atoms with Gasteiger partial charge in [-0.3, -0.25) is 9.48 Å². The number of carbonyl (C=O) groups excluding carboxylic acids is 1. The summed E-state index contributed by atoms with van der Waals surface area (Å²) in [6, 6.07) is 12.9. The number of hydrogen-bond acceptors (Lipinski definition) is 3. The highest BCUT2D eigenvalue weighted by atomic mass is 16.2. The van der Waals surface area contributed by atoms with E-state index in [0.717, 1.165) is 45.4 Å². The Morgan fingerprint density at radius 1 is 1.15 bits per heavy atom. The number of piperidine rings is 2. The van der Waals surface area contributed by atoms with Crippen LogP contribution in [-0.4, -0.2) is 57.7 Å². The fraction of sp³-hybridized carbons (Fsp3) is 0.524. The molecule has 2 fully saturated rings. The number of fused-ring (bicyclic) bond motifs is 1. The molecule has 0 saturated carbocycles. The molecule has 0 unspecified atom stereocenters.